The van der Waals surface area contributed by atoms with Gasteiger partial charge in [0.15, 0.2) is 0 Å². The second kappa shape index (κ2) is 9.03. The van der Waals surface area contributed by atoms with Gasteiger partial charge in [0.05, 0.1) is 21.8 Å². The Bertz CT molecular complexity index is 1270. The Kier molecular flexibility index (Phi) is 6.62. The van der Waals surface area contributed by atoms with Gasteiger partial charge in [-0.25, -0.2) is 13.1 Å². The zero-order valence-corrected chi connectivity index (χ0v) is 19.3. The highest BCUT2D eigenvalue weighted by atomic mass is 32.2. The first-order valence-electron chi connectivity index (χ1n) is 10.2. The van der Waals surface area contributed by atoms with Crippen LogP contribution in [0.1, 0.15) is 36.2 Å². The summed E-state index contributed by atoms with van der Waals surface area (Å²) in [5, 5.41) is 3.11. The van der Waals surface area contributed by atoms with E-state index in [1.54, 1.807) is 12.1 Å². The average Bonchev–Trinajstić information content (AvgIpc) is 3.01. The number of nitrogens with one attached hydrogen (secondary N) is 1. The summed E-state index contributed by atoms with van der Waals surface area (Å²) in [7, 11) is -3.51. The number of aromatic amines is 1. The highest BCUT2D eigenvalue weighted by Crippen LogP contribution is 2.20. The van der Waals surface area contributed by atoms with E-state index in [4.69, 9.17) is 0 Å². The number of hydrogen-bond acceptors (Lipinski definition) is 4. The van der Waals surface area contributed by atoms with Gasteiger partial charge in [0.1, 0.15) is 0 Å². The maximum absolute atomic E-state index is 12.9. The number of aromatic nitrogens is 2. The lowest BCUT2D eigenvalue weighted by Crippen LogP contribution is -2.30. The largest absolute Gasteiger partial charge is 0.295 e. The van der Waals surface area contributed by atoms with E-state index in [2.05, 4.69) is 10.1 Å². The first-order valence-corrected chi connectivity index (χ1v) is 11.7. The number of rotatable bonds is 7. The van der Waals surface area contributed by atoms with Crippen LogP contribution in [0.5, 0.6) is 0 Å². The van der Waals surface area contributed by atoms with Gasteiger partial charge in [0.25, 0.3) is 5.56 Å². The normalized spacial score (nSPS) is 12.2. The Balaban J connectivity index is 1.89. The molecule has 0 aliphatic carbocycles. The van der Waals surface area contributed by atoms with Gasteiger partial charge in [-0.2, -0.15) is 4.31 Å². The molecule has 7 nitrogen and oxygen atoms in total. The van der Waals surface area contributed by atoms with Crippen molar-refractivity contribution in [3.05, 3.63) is 75.2 Å². The van der Waals surface area contributed by atoms with Gasteiger partial charge >= 0.3 is 0 Å². The third kappa shape index (κ3) is 4.55. The lowest BCUT2D eigenvalue weighted by Gasteiger charge is -2.18. The number of H-pyrrole nitrogens is 1. The molecule has 164 valence electrons. The predicted octanol–water partition coefficient (Wildman–Crippen LogP) is 3.87. The molecule has 0 saturated carbocycles. The van der Waals surface area contributed by atoms with E-state index in [9.17, 15) is 13.2 Å². The van der Waals surface area contributed by atoms with Crippen molar-refractivity contribution in [2.24, 2.45) is 4.99 Å². The van der Waals surface area contributed by atoms with Crippen LogP contribution in [0.2, 0.25) is 0 Å². The van der Waals surface area contributed by atoms with Crippen molar-refractivity contribution in [2.75, 3.05) is 13.1 Å². The maximum Gasteiger partial charge on any atom is 0.280 e. The number of sulfonamides is 1. The van der Waals surface area contributed by atoms with Crippen LogP contribution in [0.3, 0.4) is 0 Å². The second-order valence-corrected chi connectivity index (χ2v) is 9.36. The number of hydrogen-bond donors (Lipinski definition) is 1. The molecule has 0 spiro atoms. The molecule has 8 heteroatoms. The molecule has 0 fully saturated rings. The average molecular weight is 441 g/mol. The van der Waals surface area contributed by atoms with Gasteiger partial charge in [0, 0.05) is 25.0 Å². The summed E-state index contributed by atoms with van der Waals surface area (Å²) in [6.45, 7) is 10.2. The minimum Gasteiger partial charge on any atom is -0.295 e. The third-order valence-corrected chi connectivity index (χ3v) is 7.30. The molecule has 3 aromatic rings. The van der Waals surface area contributed by atoms with Crippen molar-refractivity contribution in [2.45, 2.75) is 39.5 Å². The van der Waals surface area contributed by atoms with E-state index < -0.39 is 10.0 Å². The minimum atomic E-state index is -3.51. The molecule has 0 amide bonds. The van der Waals surface area contributed by atoms with Crippen molar-refractivity contribution in [1.29, 1.82) is 0 Å². The van der Waals surface area contributed by atoms with E-state index in [0.29, 0.717) is 30.0 Å². The molecular formula is C23H28N4O3S. The molecule has 1 N–H and O–H groups in total. The molecule has 1 heterocycles. The van der Waals surface area contributed by atoms with Crippen LogP contribution < -0.4 is 5.56 Å². The fourth-order valence-electron chi connectivity index (χ4n) is 3.49. The summed E-state index contributed by atoms with van der Waals surface area (Å²) in [6, 6.07) is 12.3. The van der Waals surface area contributed by atoms with Crippen LogP contribution in [0.15, 0.2) is 57.1 Å². The van der Waals surface area contributed by atoms with Crippen molar-refractivity contribution in [3.8, 4) is 5.69 Å². The van der Waals surface area contributed by atoms with Crippen LogP contribution in [0.4, 0.5) is 5.69 Å². The molecule has 0 saturated heterocycles. The highest BCUT2D eigenvalue weighted by molar-refractivity contribution is 7.89. The second-order valence-electron chi connectivity index (χ2n) is 7.42. The van der Waals surface area contributed by atoms with Gasteiger partial charge in [-0.05, 0) is 56.7 Å². The SMILES string of the molecule is CCN(CC)S(=O)(=O)c1ccc(N=Cc2c(C)[nH]n(-c3ccc(C)cc3C)c2=O)cc1. The molecule has 1 aromatic heterocycles. The lowest BCUT2D eigenvalue weighted by molar-refractivity contribution is 0.445. The molecule has 0 atom stereocenters. The fourth-order valence-corrected chi connectivity index (χ4v) is 4.95. The Morgan fingerprint density at radius 3 is 2.26 bits per heavy atom. The van der Waals surface area contributed by atoms with Gasteiger partial charge < -0.3 is 0 Å². The van der Waals surface area contributed by atoms with Crippen molar-refractivity contribution in [1.82, 2.24) is 14.1 Å². The maximum atomic E-state index is 12.9. The zero-order valence-electron chi connectivity index (χ0n) is 18.5. The van der Waals surface area contributed by atoms with E-state index in [1.807, 2.05) is 52.8 Å². The minimum absolute atomic E-state index is 0.186. The van der Waals surface area contributed by atoms with E-state index in [0.717, 1.165) is 16.8 Å². The first kappa shape index (κ1) is 22.7. The summed E-state index contributed by atoms with van der Waals surface area (Å²) in [5.41, 5.74) is 4.46. The number of benzene rings is 2. The van der Waals surface area contributed by atoms with Crippen LogP contribution in [0.25, 0.3) is 5.69 Å². The molecular weight excluding hydrogens is 412 g/mol. The molecule has 0 radical (unpaired) electrons. The predicted molar refractivity (Wildman–Crippen MR) is 124 cm³/mol. The summed E-state index contributed by atoms with van der Waals surface area (Å²) in [4.78, 5) is 17.5. The van der Waals surface area contributed by atoms with Gasteiger partial charge in [-0.1, -0.05) is 31.5 Å². The highest BCUT2D eigenvalue weighted by Gasteiger charge is 2.21. The van der Waals surface area contributed by atoms with Crippen LogP contribution in [-0.2, 0) is 10.0 Å². The Labute approximate surface area is 183 Å². The Hall–Kier alpha value is -2.97. The van der Waals surface area contributed by atoms with Gasteiger partial charge in [-0.15, -0.1) is 0 Å². The molecule has 2 aromatic carbocycles. The molecule has 0 unspecified atom stereocenters. The summed E-state index contributed by atoms with van der Waals surface area (Å²) in [6.07, 6.45) is 1.52. The van der Waals surface area contributed by atoms with Crippen LogP contribution >= 0.6 is 0 Å². The standard InChI is InChI=1S/C23H28N4O3S/c1-6-26(7-2)31(29,30)20-11-9-19(10-12-20)24-15-21-18(5)25-27(23(21)28)22-13-8-16(3)14-17(22)4/h8-15,25H,6-7H2,1-5H3. The fraction of sp³-hybridized carbons (Fsp3) is 0.304. The molecule has 0 bridgehead atoms. The van der Waals surface area contributed by atoms with E-state index in [-0.39, 0.29) is 10.5 Å². The monoisotopic (exact) mass is 440 g/mol. The summed E-state index contributed by atoms with van der Waals surface area (Å²) < 4.78 is 28.1. The van der Waals surface area contributed by atoms with Crippen molar-refractivity contribution < 1.29 is 8.42 Å². The van der Waals surface area contributed by atoms with Crippen LogP contribution in [-0.4, -0.2) is 41.8 Å². The van der Waals surface area contributed by atoms with Gasteiger partial charge in [0.2, 0.25) is 10.0 Å². The molecule has 31 heavy (non-hydrogen) atoms. The number of aryl methyl sites for hydroxylation is 3. The Morgan fingerprint density at radius 1 is 1.03 bits per heavy atom. The summed E-state index contributed by atoms with van der Waals surface area (Å²) >= 11 is 0. The van der Waals surface area contributed by atoms with E-state index >= 15 is 0 Å². The summed E-state index contributed by atoms with van der Waals surface area (Å²) in [5.74, 6) is 0. The third-order valence-electron chi connectivity index (χ3n) is 5.23. The zero-order chi connectivity index (χ0) is 22.8. The van der Waals surface area contributed by atoms with E-state index in [1.165, 1.54) is 27.3 Å². The molecule has 0 aliphatic heterocycles. The molecule has 3 rings (SSSR count). The lowest BCUT2D eigenvalue weighted by atomic mass is 10.1. The first-order chi connectivity index (χ1) is 14.7. The van der Waals surface area contributed by atoms with Crippen molar-refractivity contribution in [3.63, 3.8) is 0 Å². The van der Waals surface area contributed by atoms with Crippen molar-refractivity contribution >= 4 is 21.9 Å². The van der Waals surface area contributed by atoms with Gasteiger partial charge in [-0.3, -0.25) is 14.9 Å². The topological polar surface area (TPSA) is 87.5 Å². The molecule has 0 aliphatic rings. The Morgan fingerprint density at radius 2 is 1.68 bits per heavy atom. The smallest absolute Gasteiger partial charge is 0.280 e. The van der Waals surface area contributed by atoms with Crippen LogP contribution in [0, 0.1) is 20.8 Å². The quantitative estimate of drug-likeness (QED) is 0.566. The number of nitrogens with zero attached hydrogens (tertiary/aromatic N) is 3. The number of aliphatic imine (C=N–C) groups is 1.